The van der Waals surface area contributed by atoms with Gasteiger partial charge in [0.25, 0.3) is 0 Å². The quantitative estimate of drug-likeness (QED) is 0.0897. The normalized spacial score (nSPS) is 17.7. The first-order valence-electron chi connectivity index (χ1n) is 25.0. The minimum absolute atomic E-state index is 0.162. The molecule has 1 fully saturated rings. The average Bonchev–Trinajstić information content (AvgIpc) is 3.71. The van der Waals surface area contributed by atoms with Gasteiger partial charge in [0.05, 0.1) is 17.8 Å². The first-order chi connectivity index (χ1) is 29.5. The van der Waals surface area contributed by atoms with E-state index in [4.69, 9.17) is 5.11 Å². The molecule has 0 bridgehead atoms. The Kier molecular flexibility index (Phi) is 37.1. The van der Waals surface area contributed by atoms with Gasteiger partial charge in [-0.3, -0.25) is 0 Å². The largest absolute Gasteiger partial charge is 0.392 e. The van der Waals surface area contributed by atoms with Crippen molar-refractivity contribution in [1.29, 1.82) is 0 Å². The van der Waals surface area contributed by atoms with Crippen LogP contribution in [0.4, 0.5) is 0 Å². The van der Waals surface area contributed by atoms with Gasteiger partial charge in [-0.2, -0.15) is 0 Å². The fraction of sp³-hybridized carbons (Fsp3) is 0.667. The van der Waals surface area contributed by atoms with Gasteiger partial charge in [0, 0.05) is 0 Å². The highest BCUT2D eigenvalue weighted by Crippen LogP contribution is 2.35. The molecule has 2 aliphatic carbocycles. The van der Waals surface area contributed by atoms with Crippen molar-refractivity contribution in [2.24, 2.45) is 11.8 Å². The zero-order valence-corrected chi connectivity index (χ0v) is 44.3. The number of hydrogen-bond acceptors (Lipinski definition) is 3. The molecule has 63 heavy (non-hydrogen) atoms. The van der Waals surface area contributed by atoms with Crippen molar-refractivity contribution < 1.29 is 15.3 Å². The van der Waals surface area contributed by atoms with E-state index < -0.39 is 11.2 Å². The summed E-state index contributed by atoms with van der Waals surface area (Å²) in [6.45, 7) is 35.6. The predicted molar refractivity (Wildman–Crippen MR) is 284 cm³/mol. The van der Waals surface area contributed by atoms with Gasteiger partial charge in [-0.15, -0.1) is 6.58 Å². The lowest BCUT2D eigenvalue weighted by molar-refractivity contribution is -0.0122. The zero-order valence-electron chi connectivity index (χ0n) is 44.3. The van der Waals surface area contributed by atoms with E-state index in [1.54, 1.807) is 18.6 Å². The van der Waals surface area contributed by atoms with E-state index in [0.29, 0.717) is 5.92 Å². The molecule has 3 unspecified atom stereocenters. The Bertz CT molecular complexity index is 1490. The van der Waals surface area contributed by atoms with E-state index in [2.05, 4.69) is 145 Å². The maximum Gasteiger partial charge on any atom is 0.0800 e. The molecular weight excluding hydrogens is 769 g/mol. The molecule has 0 aromatic rings. The second kappa shape index (κ2) is 37.5. The minimum Gasteiger partial charge on any atom is -0.392 e. The van der Waals surface area contributed by atoms with Crippen LogP contribution in [-0.2, 0) is 0 Å². The monoisotopic (exact) mass is 873 g/mol. The Labute approximate surface area is 393 Å². The minimum atomic E-state index is -0.726. The number of hydrogen-bond donors (Lipinski definition) is 3. The summed E-state index contributed by atoms with van der Waals surface area (Å²) in [5.41, 5.74) is 11.5. The Morgan fingerprint density at radius 1 is 0.571 bits per heavy atom. The van der Waals surface area contributed by atoms with Gasteiger partial charge in [0.2, 0.25) is 0 Å². The van der Waals surface area contributed by atoms with Crippen molar-refractivity contribution in [3.8, 4) is 0 Å². The molecule has 0 radical (unpaired) electrons. The third-order valence-corrected chi connectivity index (χ3v) is 12.3. The lowest BCUT2D eigenvalue weighted by Gasteiger charge is -2.34. The lowest BCUT2D eigenvalue weighted by atomic mass is 9.76. The maximum absolute atomic E-state index is 10.5. The van der Waals surface area contributed by atoms with E-state index in [-0.39, 0.29) is 6.61 Å². The van der Waals surface area contributed by atoms with Crippen molar-refractivity contribution in [3.05, 3.63) is 117 Å². The van der Waals surface area contributed by atoms with Crippen molar-refractivity contribution in [3.63, 3.8) is 0 Å². The molecule has 3 nitrogen and oxygen atoms in total. The van der Waals surface area contributed by atoms with E-state index in [0.717, 1.165) is 89.4 Å². The van der Waals surface area contributed by atoms with Crippen molar-refractivity contribution in [2.45, 2.75) is 243 Å². The van der Waals surface area contributed by atoms with E-state index >= 15 is 0 Å². The molecular formula is C60H104O3. The second-order valence-electron chi connectivity index (χ2n) is 20.6. The molecule has 0 aromatic heterocycles. The van der Waals surface area contributed by atoms with E-state index in [9.17, 15) is 10.2 Å². The summed E-state index contributed by atoms with van der Waals surface area (Å²) >= 11 is 0. The Morgan fingerprint density at radius 2 is 0.968 bits per heavy atom. The summed E-state index contributed by atoms with van der Waals surface area (Å²) in [7, 11) is 0. The summed E-state index contributed by atoms with van der Waals surface area (Å²) in [5, 5.41) is 28.9. The summed E-state index contributed by atoms with van der Waals surface area (Å²) in [5.74, 6) is 1.45. The molecule has 0 aromatic carbocycles. The van der Waals surface area contributed by atoms with Crippen molar-refractivity contribution >= 4 is 0 Å². The van der Waals surface area contributed by atoms with Crippen molar-refractivity contribution in [1.82, 2.24) is 0 Å². The van der Waals surface area contributed by atoms with Crippen LogP contribution in [0.1, 0.15) is 232 Å². The molecule has 0 aliphatic heterocycles. The summed E-state index contributed by atoms with van der Waals surface area (Å²) in [6.07, 6.45) is 45.2. The molecule has 2 rings (SSSR count). The Hall–Kier alpha value is -2.72. The average molecular weight is 873 g/mol. The SMILES string of the molecule is C=CC(C)(O)CC/C=C(\C)CCC=C(C)C.CC(C)=CCC/C(C)=C/CC/C(C)=C/CO.CC(C)=CCC/C(C)=C/CC1CCCC1.CC(C)=CCCC(C)(O)C1CC=C(C)CC1. The van der Waals surface area contributed by atoms with Crippen molar-refractivity contribution in [2.75, 3.05) is 6.61 Å². The van der Waals surface area contributed by atoms with Crippen LogP contribution in [0.5, 0.6) is 0 Å². The van der Waals surface area contributed by atoms with Gasteiger partial charge < -0.3 is 15.3 Å². The topological polar surface area (TPSA) is 60.7 Å². The van der Waals surface area contributed by atoms with Gasteiger partial charge in [-0.1, -0.05) is 137 Å². The van der Waals surface area contributed by atoms with Crippen LogP contribution in [0, 0.1) is 11.8 Å². The Morgan fingerprint density at radius 3 is 1.38 bits per heavy atom. The van der Waals surface area contributed by atoms with Crippen LogP contribution < -0.4 is 0 Å². The first kappa shape index (κ1) is 62.4. The highest BCUT2D eigenvalue weighted by atomic mass is 16.3. The molecule has 0 amide bonds. The smallest absolute Gasteiger partial charge is 0.0800 e. The Balaban J connectivity index is 0. The van der Waals surface area contributed by atoms with Crippen LogP contribution in [-0.4, -0.2) is 33.1 Å². The molecule has 362 valence electrons. The summed E-state index contributed by atoms with van der Waals surface area (Å²) < 4.78 is 0. The zero-order chi connectivity index (χ0) is 48.3. The van der Waals surface area contributed by atoms with Crippen LogP contribution in [0.25, 0.3) is 0 Å². The van der Waals surface area contributed by atoms with Crippen LogP contribution in [0.2, 0.25) is 0 Å². The third-order valence-electron chi connectivity index (χ3n) is 12.3. The van der Waals surface area contributed by atoms with Crippen LogP contribution in [0.15, 0.2) is 117 Å². The second-order valence-corrected chi connectivity index (χ2v) is 20.6. The fourth-order valence-corrected chi connectivity index (χ4v) is 7.59. The number of aliphatic hydroxyl groups excluding tert-OH is 1. The standard InChI is InChI=1S/3C15H26O.C15H26/c1-12(2)6-5-11-15(4,16)14-9-7-13(3)8-10-14;1-13(2)7-5-8-14(3)9-6-10-15(4)11-12-16;1-6-15(5,16)12-8-11-14(4)10-7-9-13(2)3;1-13(2)7-6-8-14(3)11-12-15-9-4-5-10-15/h6-7,14,16H,5,8-11H2,1-4H3;7,9,11,16H,5-6,8,10,12H2,1-4H3;6,9,11,16H,1,7-8,10,12H2,2-5H3;7,11,15H,4-6,8-10,12H2,1-3H3/b;14-9+,15-11+;2*14-11+. The maximum atomic E-state index is 10.5. The molecule has 0 saturated heterocycles. The molecule has 0 heterocycles. The van der Waals surface area contributed by atoms with E-state index in [1.807, 2.05) is 13.0 Å². The third kappa shape index (κ3) is 40.5. The molecule has 1 saturated carbocycles. The van der Waals surface area contributed by atoms with Gasteiger partial charge >= 0.3 is 0 Å². The predicted octanol–water partition coefficient (Wildman–Crippen LogP) is 18.3. The van der Waals surface area contributed by atoms with Gasteiger partial charge in [-0.25, -0.2) is 0 Å². The van der Waals surface area contributed by atoms with Crippen LogP contribution >= 0.6 is 0 Å². The first-order valence-corrected chi connectivity index (χ1v) is 25.0. The molecule has 3 atom stereocenters. The molecule has 0 spiro atoms. The number of allylic oxidation sites excluding steroid dienone is 17. The fourth-order valence-electron chi connectivity index (χ4n) is 7.59. The lowest BCUT2D eigenvalue weighted by Crippen LogP contribution is -2.35. The van der Waals surface area contributed by atoms with E-state index in [1.165, 1.54) is 89.5 Å². The van der Waals surface area contributed by atoms with Gasteiger partial charge in [-0.05, 0) is 218 Å². The molecule has 3 heteroatoms. The highest BCUT2D eigenvalue weighted by molar-refractivity contribution is 5.08. The molecule has 2 aliphatic rings. The summed E-state index contributed by atoms with van der Waals surface area (Å²) in [6, 6.07) is 0. The van der Waals surface area contributed by atoms with Crippen LogP contribution in [0.3, 0.4) is 0 Å². The summed E-state index contributed by atoms with van der Waals surface area (Å²) in [4.78, 5) is 0. The van der Waals surface area contributed by atoms with Gasteiger partial charge in [0.1, 0.15) is 0 Å². The number of rotatable bonds is 23. The molecule has 3 N–H and O–H groups in total. The highest BCUT2D eigenvalue weighted by Gasteiger charge is 2.31. The van der Waals surface area contributed by atoms with Gasteiger partial charge in [0.15, 0.2) is 0 Å². The number of aliphatic hydroxyl groups is 3.